The number of fused-ring (bicyclic) bond motifs is 1. The lowest BCUT2D eigenvalue weighted by Gasteiger charge is -2.02. The number of amides is 1. The molecule has 2 rings (SSSR count). The second-order valence-electron chi connectivity index (χ2n) is 2.76. The van der Waals surface area contributed by atoms with Crippen molar-refractivity contribution in [3.63, 3.8) is 0 Å². The molecule has 1 aromatic rings. The smallest absolute Gasteiger partial charge is 0.228 e. The van der Waals surface area contributed by atoms with Crippen LogP contribution in [0.4, 0.5) is 11.4 Å². The average molecular weight is 164 g/mol. The highest BCUT2D eigenvalue weighted by atomic mass is 16.5. The fourth-order valence-electron chi connectivity index (χ4n) is 1.32. The zero-order valence-corrected chi connectivity index (χ0v) is 6.33. The predicted octanol–water partition coefficient (Wildman–Crippen LogP) is -0.126. The van der Waals surface area contributed by atoms with Gasteiger partial charge >= 0.3 is 0 Å². The zero-order chi connectivity index (χ0) is 8.55. The fourth-order valence-corrected chi connectivity index (χ4v) is 1.32. The summed E-state index contributed by atoms with van der Waals surface area (Å²) in [7, 11) is 0. The highest BCUT2D eigenvalue weighted by molar-refractivity contribution is 5.99. The van der Waals surface area contributed by atoms with E-state index in [0.29, 0.717) is 12.1 Å². The Kier molecular flexibility index (Phi) is 1.56. The van der Waals surface area contributed by atoms with Crippen LogP contribution in [0.25, 0.3) is 0 Å². The van der Waals surface area contributed by atoms with E-state index in [2.05, 4.69) is 5.32 Å². The molecule has 0 saturated heterocycles. The van der Waals surface area contributed by atoms with E-state index in [9.17, 15) is 10.0 Å². The van der Waals surface area contributed by atoms with Crippen LogP contribution in [0.3, 0.4) is 0 Å². The van der Waals surface area contributed by atoms with E-state index in [-0.39, 0.29) is 5.91 Å². The largest absolute Gasteiger partial charge is 0.630 e. The third kappa shape index (κ3) is 1.07. The molecule has 0 aliphatic carbocycles. The first kappa shape index (κ1) is 7.27. The maximum Gasteiger partial charge on any atom is 0.228 e. The van der Waals surface area contributed by atoms with E-state index in [0.717, 1.165) is 16.7 Å². The molecule has 0 aromatic heterocycles. The lowest BCUT2D eigenvalue weighted by molar-refractivity contribution is -0.497. The Balaban J connectivity index is 2.41. The molecule has 0 unspecified atom stereocenters. The summed E-state index contributed by atoms with van der Waals surface area (Å²) in [6, 6.07) is 5.18. The summed E-state index contributed by atoms with van der Waals surface area (Å²) < 4.78 is 0. The van der Waals surface area contributed by atoms with Crippen molar-refractivity contribution < 1.29 is 10.3 Å². The summed E-state index contributed by atoms with van der Waals surface area (Å²) in [6.45, 7) is 0. The van der Waals surface area contributed by atoms with Crippen molar-refractivity contribution in [2.24, 2.45) is 0 Å². The van der Waals surface area contributed by atoms with Crippen LogP contribution in [0.15, 0.2) is 18.2 Å². The van der Waals surface area contributed by atoms with E-state index in [1.54, 1.807) is 18.2 Å². The molecule has 1 aliphatic rings. The number of carbonyl (C=O) groups excluding carboxylic acids is 1. The van der Waals surface area contributed by atoms with Crippen molar-refractivity contribution in [1.82, 2.24) is 0 Å². The number of benzene rings is 1. The number of quaternary nitrogens is 1. The van der Waals surface area contributed by atoms with Crippen molar-refractivity contribution in [2.45, 2.75) is 6.42 Å². The summed E-state index contributed by atoms with van der Waals surface area (Å²) in [4.78, 5) is 10.9. The maximum atomic E-state index is 10.9. The number of carbonyl (C=O) groups is 1. The Morgan fingerprint density at radius 3 is 3.08 bits per heavy atom. The Morgan fingerprint density at radius 1 is 1.50 bits per heavy atom. The summed E-state index contributed by atoms with van der Waals surface area (Å²) in [5, 5.41) is 13.1. The lowest BCUT2D eigenvalue weighted by atomic mass is 10.1. The Morgan fingerprint density at radius 2 is 2.33 bits per heavy atom. The Bertz CT molecular complexity index is 336. The minimum Gasteiger partial charge on any atom is -0.630 e. The van der Waals surface area contributed by atoms with Crippen molar-refractivity contribution in [2.75, 3.05) is 5.32 Å². The van der Waals surface area contributed by atoms with Crippen LogP contribution >= 0.6 is 0 Å². The van der Waals surface area contributed by atoms with Gasteiger partial charge in [-0.2, -0.15) is 0 Å². The number of rotatable bonds is 1. The maximum absolute atomic E-state index is 10.9. The van der Waals surface area contributed by atoms with Crippen LogP contribution in [-0.2, 0) is 11.2 Å². The van der Waals surface area contributed by atoms with E-state index in [1.165, 1.54) is 0 Å². The van der Waals surface area contributed by atoms with Crippen LogP contribution in [0.1, 0.15) is 5.56 Å². The second-order valence-corrected chi connectivity index (χ2v) is 2.76. The molecule has 1 aromatic carbocycles. The normalized spacial score (nSPS) is 14.2. The SMILES string of the molecule is O=C1Cc2cc([NH2+][O-])ccc2N1. The van der Waals surface area contributed by atoms with E-state index in [1.807, 2.05) is 0 Å². The molecule has 0 bridgehead atoms. The van der Waals surface area contributed by atoms with Crippen LogP contribution in [0.5, 0.6) is 0 Å². The first-order valence-corrected chi connectivity index (χ1v) is 3.67. The van der Waals surface area contributed by atoms with E-state index < -0.39 is 0 Å². The highest BCUT2D eigenvalue weighted by Gasteiger charge is 2.17. The minimum absolute atomic E-state index is 0.00644. The van der Waals surface area contributed by atoms with E-state index in [4.69, 9.17) is 0 Å². The van der Waals surface area contributed by atoms with Crippen LogP contribution in [0.2, 0.25) is 0 Å². The van der Waals surface area contributed by atoms with Gasteiger partial charge in [-0.15, -0.1) is 0 Å². The first-order valence-electron chi connectivity index (χ1n) is 3.67. The van der Waals surface area contributed by atoms with Crippen molar-refractivity contribution in [3.8, 4) is 0 Å². The molecule has 1 heterocycles. The van der Waals surface area contributed by atoms with Gasteiger partial charge in [-0.05, 0) is 11.6 Å². The van der Waals surface area contributed by atoms with Gasteiger partial charge < -0.3 is 16.0 Å². The molecule has 4 heteroatoms. The van der Waals surface area contributed by atoms with Crippen LogP contribution in [-0.4, -0.2) is 5.91 Å². The van der Waals surface area contributed by atoms with Gasteiger partial charge in [0.05, 0.1) is 6.42 Å². The van der Waals surface area contributed by atoms with Gasteiger partial charge in [0.2, 0.25) is 5.91 Å². The van der Waals surface area contributed by atoms with Gasteiger partial charge in [-0.3, -0.25) is 4.79 Å². The van der Waals surface area contributed by atoms with Crippen molar-refractivity contribution >= 4 is 17.3 Å². The quantitative estimate of drug-likeness (QED) is 0.448. The Labute approximate surface area is 69.2 Å². The molecule has 1 aliphatic heterocycles. The third-order valence-electron chi connectivity index (χ3n) is 1.89. The summed E-state index contributed by atoms with van der Waals surface area (Å²) >= 11 is 0. The number of hydrogen-bond acceptors (Lipinski definition) is 2. The van der Waals surface area contributed by atoms with Gasteiger partial charge in [-0.1, -0.05) is 0 Å². The molecule has 3 N–H and O–H groups in total. The molecule has 0 saturated carbocycles. The van der Waals surface area contributed by atoms with Crippen molar-refractivity contribution in [1.29, 1.82) is 0 Å². The van der Waals surface area contributed by atoms with E-state index >= 15 is 0 Å². The fraction of sp³-hybridized carbons (Fsp3) is 0.125. The van der Waals surface area contributed by atoms with Gasteiger partial charge in [0.1, 0.15) is 5.69 Å². The number of hydrogen-bond donors (Lipinski definition) is 2. The van der Waals surface area contributed by atoms with Crippen LogP contribution < -0.4 is 10.8 Å². The highest BCUT2D eigenvalue weighted by Crippen LogP contribution is 2.23. The van der Waals surface area contributed by atoms with Gasteiger partial charge in [0.15, 0.2) is 0 Å². The number of nitrogens with two attached hydrogens (primary N) is 1. The minimum atomic E-state index is -0.00644. The van der Waals surface area contributed by atoms with Gasteiger partial charge in [0, 0.05) is 17.8 Å². The van der Waals surface area contributed by atoms with Gasteiger partial charge in [-0.25, -0.2) is 0 Å². The standard InChI is InChI=1S/C8H8N2O2/c11-8-4-5-3-6(10-12)1-2-7(5)9-8/h1-3H,4,10H2,(H,9,11). The molecule has 0 fully saturated rings. The monoisotopic (exact) mass is 164 g/mol. The lowest BCUT2D eigenvalue weighted by Crippen LogP contribution is -2.70. The second kappa shape index (κ2) is 2.58. The number of anilines is 1. The molecule has 0 spiro atoms. The molecule has 4 nitrogen and oxygen atoms in total. The predicted molar refractivity (Wildman–Crippen MR) is 43.7 cm³/mol. The summed E-state index contributed by atoms with van der Waals surface area (Å²) in [6.07, 6.45) is 0.386. The first-order chi connectivity index (χ1) is 5.79. The molecule has 12 heavy (non-hydrogen) atoms. The topological polar surface area (TPSA) is 68.8 Å². The zero-order valence-electron chi connectivity index (χ0n) is 6.33. The molecular weight excluding hydrogens is 156 g/mol. The van der Waals surface area contributed by atoms with Crippen molar-refractivity contribution in [3.05, 3.63) is 29.0 Å². The third-order valence-corrected chi connectivity index (χ3v) is 1.89. The average Bonchev–Trinajstić information content (AvgIpc) is 2.43. The van der Waals surface area contributed by atoms with Crippen LogP contribution in [0, 0.1) is 5.21 Å². The van der Waals surface area contributed by atoms with Gasteiger partial charge in [0.25, 0.3) is 0 Å². The summed E-state index contributed by atoms with van der Waals surface area (Å²) in [5.41, 5.74) is 3.13. The molecular formula is C8H8N2O2. The molecule has 62 valence electrons. The molecule has 0 radical (unpaired) electrons. The summed E-state index contributed by atoms with van der Waals surface area (Å²) in [5.74, 6) is -0.00644. The molecule has 1 amide bonds. The molecule has 0 atom stereocenters. The number of nitrogens with one attached hydrogen (secondary N) is 1. The Hall–Kier alpha value is -1.39.